The van der Waals surface area contributed by atoms with E-state index in [9.17, 15) is 18.0 Å². The van der Waals surface area contributed by atoms with Gasteiger partial charge in [-0.15, -0.1) is 0 Å². The lowest BCUT2D eigenvalue weighted by atomic mass is 9.85. The summed E-state index contributed by atoms with van der Waals surface area (Å²) in [5.41, 5.74) is 5.23. The van der Waals surface area contributed by atoms with E-state index in [1.54, 1.807) is 0 Å². The molecule has 0 radical (unpaired) electrons. The summed E-state index contributed by atoms with van der Waals surface area (Å²) in [5.74, 6) is -1.74. The first-order chi connectivity index (χ1) is 9.75. The average Bonchev–Trinajstić information content (AvgIpc) is 2.37. The number of nitrogens with one attached hydrogen (secondary N) is 1. The average molecular weight is 323 g/mol. The van der Waals surface area contributed by atoms with E-state index in [0.717, 1.165) is 0 Å². The second-order valence-electron chi connectivity index (χ2n) is 4.99. The quantitative estimate of drug-likeness (QED) is 0.838. The molecule has 0 bridgehead atoms. The molecule has 1 fully saturated rings. The maximum Gasteiger partial charge on any atom is 0.451 e. The third kappa shape index (κ3) is 4.20. The lowest BCUT2D eigenvalue weighted by molar-refractivity contribution is -0.144. The molecule has 0 saturated heterocycles. The van der Waals surface area contributed by atoms with Crippen LogP contribution < -0.4 is 11.1 Å². The molecule has 1 aliphatic rings. The van der Waals surface area contributed by atoms with Crippen LogP contribution in [-0.2, 0) is 11.0 Å². The van der Waals surface area contributed by atoms with Crippen molar-refractivity contribution in [3.8, 4) is 0 Å². The zero-order chi connectivity index (χ0) is 15.6. The molecule has 1 aromatic heterocycles. The molecule has 116 valence electrons. The Balaban J connectivity index is 2.04. The van der Waals surface area contributed by atoms with Crippen LogP contribution in [-0.4, -0.2) is 21.9 Å². The number of carbonyl (C=O) groups excluding carboxylic acids is 1. The van der Waals surface area contributed by atoms with E-state index in [1.165, 1.54) is 6.07 Å². The standard InChI is InChI=1S/C12H14ClF3N4O/c13-8-5-9(20-11(19-8)12(14,15)16)18-7-3-1-6(2-4-7)10(17)21/h5-7H,1-4H2,(H2,17,21)(H,18,19,20). The van der Waals surface area contributed by atoms with Gasteiger partial charge in [0, 0.05) is 18.0 Å². The smallest absolute Gasteiger partial charge is 0.369 e. The van der Waals surface area contributed by atoms with E-state index in [0.29, 0.717) is 25.7 Å². The highest BCUT2D eigenvalue weighted by Crippen LogP contribution is 2.30. The van der Waals surface area contributed by atoms with Crippen LogP contribution in [0, 0.1) is 5.92 Å². The molecular formula is C12H14ClF3N4O. The van der Waals surface area contributed by atoms with E-state index in [2.05, 4.69) is 15.3 Å². The van der Waals surface area contributed by atoms with Gasteiger partial charge in [-0.1, -0.05) is 11.6 Å². The number of anilines is 1. The van der Waals surface area contributed by atoms with Gasteiger partial charge in [0.1, 0.15) is 11.0 Å². The van der Waals surface area contributed by atoms with Crippen molar-refractivity contribution in [2.45, 2.75) is 37.9 Å². The fourth-order valence-electron chi connectivity index (χ4n) is 2.35. The van der Waals surface area contributed by atoms with Crippen LogP contribution in [0.15, 0.2) is 6.07 Å². The van der Waals surface area contributed by atoms with Crippen LogP contribution >= 0.6 is 11.6 Å². The fourth-order valence-corrected chi connectivity index (χ4v) is 2.53. The largest absolute Gasteiger partial charge is 0.451 e. The Bertz CT molecular complexity index is 530. The van der Waals surface area contributed by atoms with Crippen LogP contribution in [0.5, 0.6) is 0 Å². The van der Waals surface area contributed by atoms with Crippen LogP contribution in [0.2, 0.25) is 5.15 Å². The van der Waals surface area contributed by atoms with Gasteiger partial charge in [-0.25, -0.2) is 9.97 Å². The molecule has 1 heterocycles. The van der Waals surface area contributed by atoms with Crippen LogP contribution in [0.3, 0.4) is 0 Å². The van der Waals surface area contributed by atoms with Gasteiger partial charge in [-0.05, 0) is 25.7 Å². The van der Waals surface area contributed by atoms with Crippen LogP contribution in [0.25, 0.3) is 0 Å². The van der Waals surface area contributed by atoms with Gasteiger partial charge in [-0.2, -0.15) is 13.2 Å². The van der Waals surface area contributed by atoms with Crippen molar-refractivity contribution >= 4 is 23.3 Å². The highest BCUT2D eigenvalue weighted by Gasteiger charge is 2.35. The summed E-state index contributed by atoms with van der Waals surface area (Å²) in [4.78, 5) is 17.6. The number of hydrogen-bond donors (Lipinski definition) is 2. The van der Waals surface area contributed by atoms with Gasteiger partial charge in [0.2, 0.25) is 11.7 Å². The zero-order valence-electron chi connectivity index (χ0n) is 11.0. The second-order valence-corrected chi connectivity index (χ2v) is 5.38. The van der Waals surface area contributed by atoms with Crippen molar-refractivity contribution in [3.63, 3.8) is 0 Å². The summed E-state index contributed by atoms with van der Waals surface area (Å²) in [6.45, 7) is 0. The molecule has 1 aliphatic carbocycles. The van der Waals surface area contributed by atoms with Crippen molar-refractivity contribution in [3.05, 3.63) is 17.0 Å². The minimum absolute atomic E-state index is 0.0323. The number of hydrogen-bond acceptors (Lipinski definition) is 4. The molecule has 0 atom stereocenters. The third-order valence-electron chi connectivity index (χ3n) is 3.43. The number of nitrogens with zero attached hydrogens (tertiary/aromatic N) is 2. The number of carbonyl (C=O) groups is 1. The molecule has 1 amide bonds. The lowest BCUT2D eigenvalue weighted by Gasteiger charge is -2.27. The summed E-state index contributed by atoms with van der Waals surface area (Å²) >= 11 is 5.59. The van der Waals surface area contributed by atoms with Gasteiger partial charge in [0.05, 0.1) is 0 Å². The number of aromatic nitrogens is 2. The molecule has 1 saturated carbocycles. The van der Waals surface area contributed by atoms with Gasteiger partial charge in [0.25, 0.3) is 0 Å². The maximum absolute atomic E-state index is 12.6. The molecular weight excluding hydrogens is 309 g/mol. The summed E-state index contributed by atoms with van der Waals surface area (Å²) in [7, 11) is 0. The maximum atomic E-state index is 12.6. The first-order valence-electron chi connectivity index (χ1n) is 6.43. The number of rotatable bonds is 3. The number of primary amides is 1. The van der Waals surface area contributed by atoms with E-state index in [1.807, 2.05) is 0 Å². The number of amides is 1. The number of halogens is 4. The Labute approximate surface area is 124 Å². The molecule has 3 N–H and O–H groups in total. The minimum atomic E-state index is -4.65. The normalized spacial score (nSPS) is 22.9. The molecule has 1 aromatic rings. The molecule has 0 aliphatic heterocycles. The Morgan fingerprint density at radius 1 is 1.29 bits per heavy atom. The minimum Gasteiger partial charge on any atom is -0.369 e. The lowest BCUT2D eigenvalue weighted by Crippen LogP contribution is -2.32. The molecule has 5 nitrogen and oxygen atoms in total. The molecule has 0 spiro atoms. The topological polar surface area (TPSA) is 80.9 Å². The predicted molar refractivity (Wildman–Crippen MR) is 70.6 cm³/mol. The summed E-state index contributed by atoms with van der Waals surface area (Å²) in [6.07, 6.45) is -2.16. The molecule has 2 rings (SSSR count). The molecule has 9 heteroatoms. The zero-order valence-corrected chi connectivity index (χ0v) is 11.7. The third-order valence-corrected chi connectivity index (χ3v) is 3.62. The molecule has 0 unspecified atom stereocenters. The van der Waals surface area contributed by atoms with Crippen LogP contribution in [0.4, 0.5) is 19.0 Å². The van der Waals surface area contributed by atoms with Gasteiger partial charge in [0.15, 0.2) is 0 Å². The van der Waals surface area contributed by atoms with E-state index >= 15 is 0 Å². The fraction of sp³-hybridized carbons (Fsp3) is 0.583. The van der Waals surface area contributed by atoms with Crippen molar-refractivity contribution in [1.82, 2.24) is 9.97 Å². The van der Waals surface area contributed by atoms with E-state index in [4.69, 9.17) is 17.3 Å². The first kappa shape index (κ1) is 15.8. The van der Waals surface area contributed by atoms with Gasteiger partial charge < -0.3 is 11.1 Å². The number of nitrogens with two attached hydrogens (primary N) is 1. The Morgan fingerprint density at radius 3 is 2.43 bits per heavy atom. The van der Waals surface area contributed by atoms with Gasteiger partial charge in [-0.3, -0.25) is 4.79 Å². The van der Waals surface area contributed by atoms with Crippen molar-refractivity contribution in [2.24, 2.45) is 11.7 Å². The summed E-state index contributed by atoms with van der Waals surface area (Å²) in [5, 5.41) is 2.63. The summed E-state index contributed by atoms with van der Waals surface area (Å²) in [6, 6.07) is 1.18. The molecule has 21 heavy (non-hydrogen) atoms. The van der Waals surface area contributed by atoms with Crippen molar-refractivity contribution in [1.29, 1.82) is 0 Å². The highest BCUT2D eigenvalue weighted by atomic mass is 35.5. The van der Waals surface area contributed by atoms with Crippen LogP contribution in [0.1, 0.15) is 31.5 Å². The Morgan fingerprint density at radius 2 is 1.90 bits per heavy atom. The number of alkyl halides is 3. The molecule has 0 aromatic carbocycles. The summed E-state index contributed by atoms with van der Waals surface area (Å²) < 4.78 is 37.8. The Hall–Kier alpha value is -1.57. The monoisotopic (exact) mass is 322 g/mol. The van der Waals surface area contributed by atoms with Gasteiger partial charge >= 0.3 is 6.18 Å². The van der Waals surface area contributed by atoms with E-state index in [-0.39, 0.29) is 28.8 Å². The van der Waals surface area contributed by atoms with Crippen molar-refractivity contribution < 1.29 is 18.0 Å². The SMILES string of the molecule is NC(=O)C1CCC(Nc2cc(Cl)nc(C(F)(F)F)n2)CC1. The van der Waals surface area contributed by atoms with E-state index < -0.39 is 12.0 Å². The predicted octanol–water partition coefficient (Wildman–Crippen LogP) is 2.60. The Kier molecular flexibility index (Phi) is 4.55. The first-order valence-corrected chi connectivity index (χ1v) is 6.81. The highest BCUT2D eigenvalue weighted by molar-refractivity contribution is 6.29. The van der Waals surface area contributed by atoms with Crippen molar-refractivity contribution in [2.75, 3.05) is 5.32 Å². The second kappa shape index (κ2) is 6.05.